The van der Waals surface area contributed by atoms with E-state index in [4.69, 9.17) is 10.7 Å². The number of hydrogen-bond donors (Lipinski definition) is 2. The zero-order valence-corrected chi connectivity index (χ0v) is 12.6. The molecule has 3 N–H and O–H groups in total. The van der Waals surface area contributed by atoms with Crippen molar-refractivity contribution in [2.75, 3.05) is 11.9 Å². The maximum absolute atomic E-state index is 9.42. The third kappa shape index (κ3) is 3.03. The number of nitriles is 1. The van der Waals surface area contributed by atoms with Crippen LogP contribution in [0.15, 0.2) is 6.07 Å². The molecule has 2 aliphatic carbocycles. The quantitative estimate of drug-likeness (QED) is 0.895. The molecule has 21 heavy (non-hydrogen) atoms. The number of aromatic nitrogens is 1. The molecule has 0 amide bonds. The van der Waals surface area contributed by atoms with Gasteiger partial charge in [-0.05, 0) is 62.6 Å². The lowest BCUT2D eigenvalue weighted by Crippen LogP contribution is -2.37. The van der Waals surface area contributed by atoms with Gasteiger partial charge in [0.1, 0.15) is 11.9 Å². The van der Waals surface area contributed by atoms with Crippen LogP contribution in [0, 0.1) is 17.2 Å². The molecule has 3 rings (SSSR count). The lowest BCUT2D eigenvalue weighted by Gasteiger charge is -2.32. The molecule has 0 aliphatic heterocycles. The van der Waals surface area contributed by atoms with Crippen molar-refractivity contribution in [3.63, 3.8) is 0 Å². The predicted molar refractivity (Wildman–Crippen MR) is 84.0 cm³/mol. The van der Waals surface area contributed by atoms with Crippen LogP contribution in [0.1, 0.15) is 55.3 Å². The minimum Gasteiger partial charge on any atom is -0.366 e. The fourth-order valence-electron chi connectivity index (χ4n) is 3.68. The molecule has 0 bridgehead atoms. The normalized spacial score (nSPS) is 25.0. The van der Waals surface area contributed by atoms with Crippen LogP contribution in [-0.4, -0.2) is 17.6 Å². The molecule has 0 saturated heterocycles. The van der Waals surface area contributed by atoms with Gasteiger partial charge in [-0.25, -0.2) is 4.98 Å². The molecule has 1 heterocycles. The van der Waals surface area contributed by atoms with Gasteiger partial charge in [0, 0.05) is 11.7 Å². The highest BCUT2D eigenvalue weighted by molar-refractivity contribution is 5.55. The van der Waals surface area contributed by atoms with Gasteiger partial charge in [0.2, 0.25) is 0 Å². The van der Waals surface area contributed by atoms with E-state index >= 15 is 0 Å². The van der Waals surface area contributed by atoms with Crippen molar-refractivity contribution in [1.29, 1.82) is 5.26 Å². The number of hydrogen-bond acceptors (Lipinski definition) is 4. The molecule has 1 saturated carbocycles. The third-order valence-corrected chi connectivity index (χ3v) is 4.96. The first-order valence-electron chi connectivity index (χ1n) is 8.21. The predicted octanol–water partition coefficient (Wildman–Crippen LogP) is 2.76. The zero-order chi connectivity index (χ0) is 14.7. The van der Waals surface area contributed by atoms with Gasteiger partial charge in [0.15, 0.2) is 0 Å². The van der Waals surface area contributed by atoms with Crippen LogP contribution in [0.5, 0.6) is 0 Å². The summed E-state index contributed by atoms with van der Waals surface area (Å²) in [5.74, 6) is 1.28. The Kier molecular flexibility index (Phi) is 4.40. The van der Waals surface area contributed by atoms with Crippen LogP contribution in [-0.2, 0) is 12.8 Å². The van der Waals surface area contributed by atoms with E-state index in [0.717, 1.165) is 25.1 Å². The van der Waals surface area contributed by atoms with Crippen LogP contribution in [0.2, 0.25) is 0 Å². The second kappa shape index (κ2) is 6.44. The molecule has 1 fully saturated rings. The smallest absolute Gasteiger partial charge is 0.144 e. The molecule has 0 spiro atoms. The Balaban J connectivity index is 1.85. The summed E-state index contributed by atoms with van der Waals surface area (Å²) in [5.41, 5.74) is 9.04. The maximum atomic E-state index is 9.42. The first kappa shape index (κ1) is 14.3. The fourth-order valence-corrected chi connectivity index (χ4v) is 3.68. The highest BCUT2D eigenvalue weighted by Gasteiger charge is 2.25. The van der Waals surface area contributed by atoms with Gasteiger partial charge in [-0.3, -0.25) is 0 Å². The summed E-state index contributed by atoms with van der Waals surface area (Å²) >= 11 is 0. The van der Waals surface area contributed by atoms with Crippen LogP contribution in [0.3, 0.4) is 0 Å². The Morgan fingerprint density at radius 3 is 2.86 bits per heavy atom. The maximum Gasteiger partial charge on any atom is 0.144 e. The third-order valence-electron chi connectivity index (χ3n) is 4.96. The Bertz CT molecular complexity index is 546. The molecule has 2 unspecified atom stereocenters. The summed E-state index contributed by atoms with van der Waals surface area (Å²) in [6, 6.07) is 4.72. The lowest BCUT2D eigenvalue weighted by molar-refractivity contribution is 0.332. The summed E-state index contributed by atoms with van der Waals surface area (Å²) in [6.45, 7) is 0.713. The highest BCUT2D eigenvalue weighted by atomic mass is 15.0. The summed E-state index contributed by atoms with van der Waals surface area (Å²) in [7, 11) is 0. The monoisotopic (exact) mass is 284 g/mol. The topological polar surface area (TPSA) is 74.7 Å². The summed E-state index contributed by atoms with van der Waals surface area (Å²) < 4.78 is 0. The van der Waals surface area contributed by atoms with Crippen LogP contribution >= 0.6 is 0 Å². The van der Waals surface area contributed by atoms with Gasteiger partial charge >= 0.3 is 0 Å². The number of nitrogens with zero attached hydrogens (tertiary/aromatic N) is 2. The Morgan fingerprint density at radius 1 is 1.24 bits per heavy atom. The standard InChI is InChI=1S/C17H24N4/c18-10-13-6-2-4-8-16(13)21-17-14(11-19)9-12-5-1-3-7-15(12)20-17/h9,13,16H,1-8,10,18H2,(H,20,21). The lowest BCUT2D eigenvalue weighted by atomic mass is 9.84. The van der Waals surface area contributed by atoms with Crippen molar-refractivity contribution in [2.24, 2.45) is 11.7 Å². The van der Waals surface area contributed by atoms with Crippen molar-refractivity contribution >= 4 is 5.82 Å². The van der Waals surface area contributed by atoms with Crippen molar-refractivity contribution in [1.82, 2.24) is 4.98 Å². The molecule has 4 nitrogen and oxygen atoms in total. The first-order valence-corrected chi connectivity index (χ1v) is 8.21. The second-order valence-electron chi connectivity index (χ2n) is 6.34. The van der Waals surface area contributed by atoms with Crippen LogP contribution in [0.4, 0.5) is 5.82 Å². The van der Waals surface area contributed by atoms with Gasteiger partial charge in [-0.1, -0.05) is 12.8 Å². The van der Waals surface area contributed by atoms with Crippen molar-refractivity contribution in [2.45, 2.75) is 57.4 Å². The van der Waals surface area contributed by atoms with Crippen molar-refractivity contribution in [3.05, 3.63) is 22.9 Å². The van der Waals surface area contributed by atoms with Gasteiger partial charge in [0.25, 0.3) is 0 Å². The molecular formula is C17H24N4. The van der Waals surface area contributed by atoms with E-state index in [0.29, 0.717) is 24.1 Å². The van der Waals surface area contributed by atoms with E-state index < -0.39 is 0 Å². The summed E-state index contributed by atoms with van der Waals surface area (Å²) in [4.78, 5) is 4.77. The average molecular weight is 284 g/mol. The average Bonchev–Trinajstić information content (AvgIpc) is 2.54. The molecule has 0 radical (unpaired) electrons. The van der Waals surface area contributed by atoms with Gasteiger partial charge in [-0.2, -0.15) is 5.26 Å². The van der Waals surface area contributed by atoms with Gasteiger partial charge < -0.3 is 11.1 Å². The molecule has 0 aromatic carbocycles. The molecular weight excluding hydrogens is 260 g/mol. The number of rotatable bonds is 3. The summed E-state index contributed by atoms with van der Waals surface area (Å²) in [5, 5.41) is 13.0. The van der Waals surface area contributed by atoms with Gasteiger partial charge in [0.05, 0.1) is 5.56 Å². The van der Waals surface area contributed by atoms with Crippen molar-refractivity contribution < 1.29 is 0 Å². The molecule has 1 aromatic heterocycles. The first-order chi connectivity index (χ1) is 10.3. The van der Waals surface area contributed by atoms with E-state index in [1.807, 2.05) is 6.07 Å². The number of fused-ring (bicyclic) bond motifs is 1. The molecule has 2 aliphatic rings. The Labute approximate surface area is 126 Å². The minimum atomic E-state index is 0.366. The number of anilines is 1. The van der Waals surface area contributed by atoms with Crippen LogP contribution in [0.25, 0.3) is 0 Å². The fraction of sp³-hybridized carbons (Fsp3) is 0.647. The molecule has 2 atom stereocenters. The molecule has 4 heteroatoms. The van der Waals surface area contributed by atoms with Gasteiger partial charge in [-0.15, -0.1) is 0 Å². The SMILES string of the molecule is N#Cc1cc2c(nc1NC1CCCCC1CN)CCCC2. The minimum absolute atomic E-state index is 0.366. The molecule has 1 aromatic rings. The van der Waals surface area contributed by atoms with E-state index in [2.05, 4.69) is 11.4 Å². The summed E-state index contributed by atoms with van der Waals surface area (Å²) in [6.07, 6.45) is 9.34. The van der Waals surface area contributed by atoms with E-state index in [1.54, 1.807) is 0 Å². The van der Waals surface area contributed by atoms with Crippen molar-refractivity contribution in [3.8, 4) is 6.07 Å². The van der Waals surface area contributed by atoms with Crippen LogP contribution < -0.4 is 11.1 Å². The largest absolute Gasteiger partial charge is 0.366 e. The van der Waals surface area contributed by atoms with E-state index in [1.165, 1.54) is 43.4 Å². The number of aryl methyl sites for hydroxylation is 2. The Hall–Kier alpha value is -1.60. The number of nitrogens with two attached hydrogens (primary N) is 1. The molecule has 112 valence electrons. The Morgan fingerprint density at radius 2 is 2.05 bits per heavy atom. The van der Waals surface area contributed by atoms with E-state index in [9.17, 15) is 5.26 Å². The number of pyridine rings is 1. The zero-order valence-electron chi connectivity index (χ0n) is 12.6. The second-order valence-corrected chi connectivity index (χ2v) is 6.34. The number of nitrogens with one attached hydrogen (secondary N) is 1. The highest BCUT2D eigenvalue weighted by Crippen LogP contribution is 2.29. The van der Waals surface area contributed by atoms with E-state index in [-0.39, 0.29) is 0 Å².